The lowest BCUT2D eigenvalue weighted by Crippen LogP contribution is -2.35. The summed E-state index contributed by atoms with van der Waals surface area (Å²) in [5, 5.41) is 3.73. The highest BCUT2D eigenvalue weighted by atomic mass is 16.5. The zero-order valence-electron chi connectivity index (χ0n) is 12.0. The summed E-state index contributed by atoms with van der Waals surface area (Å²) in [6.07, 6.45) is 7.92. The molecule has 1 heterocycles. The van der Waals surface area contributed by atoms with Crippen LogP contribution in [0.5, 0.6) is 0 Å². The first kappa shape index (κ1) is 13.1. The van der Waals surface area contributed by atoms with Crippen molar-refractivity contribution in [2.75, 3.05) is 13.2 Å². The fourth-order valence-electron chi connectivity index (χ4n) is 3.34. The van der Waals surface area contributed by atoms with Gasteiger partial charge in [0.2, 0.25) is 0 Å². The first-order chi connectivity index (χ1) is 9.31. The van der Waals surface area contributed by atoms with Crippen molar-refractivity contribution >= 4 is 0 Å². The summed E-state index contributed by atoms with van der Waals surface area (Å²) in [6, 6.07) is 7.61. The Morgan fingerprint density at radius 2 is 2.00 bits per heavy atom. The molecule has 104 valence electrons. The van der Waals surface area contributed by atoms with Gasteiger partial charge in [-0.05, 0) is 56.6 Å². The number of hydrogen-bond donors (Lipinski definition) is 1. The molecule has 1 fully saturated rings. The predicted molar refractivity (Wildman–Crippen MR) is 78.6 cm³/mol. The molecule has 2 atom stereocenters. The fourth-order valence-corrected chi connectivity index (χ4v) is 3.34. The minimum Gasteiger partial charge on any atom is -0.377 e. The van der Waals surface area contributed by atoms with Gasteiger partial charge in [0.05, 0.1) is 6.10 Å². The maximum absolute atomic E-state index is 5.69. The Balaban J connectivity index is 1.54. The van der Waals surface area contributed by atoms with Crippen molar-refractivity contribution in [2.24, 2.45) is 0 Å². The van der Waals surface area contributed by atoms with Crippen molar-refractivity contribution in [3.63, 3.8) is 0 Å². The molecule has 3 rings (SSSR count). The van der Waals surface area contributed by atoms with Crippen LogP contribution in [-0.4, -0.2) is 25.3 Å². The second-order valence-corrected chi connectivity index (χ2v) is 6.09. The standard InChI is InChI=1S/C17H25NO/c1-13-4-5-14-6-8-16(9-7-15(14)11-13)18-12-17-3-2-10-19-17/h4-5,11,16-18H,2-3,6-10,12H2,1H3. The third-order valence-electron chi connectivity index (χ3n) is 4.54. The van der Waals surface area contributed by atoms with Gasteiger partial charge in [-0.1, -0.05) is 23.8 Å². The molecule has 0 saturated carbocycles. The Hall–Kier alpha value is -0.860. The van der Waals surface area contributed by atoms with Gasteiger partial charge in [0.1, 0.15) is 0 Å². The molecule has 1 aromatic rings. The van der Waals surface area contributed by atoms with Crippen molar-refractivity contribution in [1.82, 2.24) is 5.32 Å². The van der Waals surface area contributed by atoms with Gasteiger partial charge < -0.3 is 10.1 Å². The molecule has 2 aliphatic rings. The predicted octanol–water partition coefficient (Wildman–Crippen LogP) is 3.01. The van der Waals surface area contributed by atoms with Gasteiger partial charge in [-0.15, -0.1) is 0 Å². The molecular weight excluding hydrogens is 234 g/mol. The molecule has 0 aromatic heterocycles. The van der Waals surface area contributed by atoms with E-state index < -0.39 is 0 Å². The lowest BCUT2D eigenvalue weighted by atomic mass is 10.0. The van der Waals surface area contributed by atoms with Crippen LogP contribution in [-0.2, 0) is 17.6 Å². The van der Waals surface area contributed by atoms with Gasteiger partial charge >= 0.3 is 0 Å². The van der Waals surface area contributed by atoms with Crippen molar-refractivity contribution < 1.29 is 4.74 Å². The molecule has 1 aliphatic heterocycles. The highest BCUT2D eigenvalue weighted by Gasteiger charge is 2.19. The number of hydrogen-bond acceptors (Lipinski definition) is 2. The number of rotatable bonds is 3. The second kappa shape index (κ2) is 6.06. The van der Waals surface area contributed by atoms with E-state index in [1.165, 1.54) is 44.1 Å². The Morgan fingerprint density at radius 3 is 2.79 bits per heavy atom. The summed E-state index contributed by atoms with van der Waals surface area (Å²) in [5.74, 6) is 0. The second-order valence-electron chi connectivity index (χ2n) is 6.09. The number of fused-ring (bicyclic) bond motifs is 1. The molecule has 1 N–H and O–H groups in total. The van der Waals surface area contributed by atoms with Gasteiger partial charge in [-0.25, -0.2) is 0 Å². The fraction of sp³-hybridized carbons (Fsp3) is 0.647. The topological polar surface area (TPSA) is 21.3 Å². The van der Waals surface area contributed by atoms with Crippen LogP contribution >= 0.6 is 0 Å². The van der Waals surface area contributed by atoms with Crippen molar-refractivity contribution in [1.29, 1.82) is 0 Å². The SMILES string of the molecule is Cc1ccc2c(c1)CCC(NCC1CCCO1)CC2. The number of aryl methyl sites for hydroxylation is 3. The van der Waals surface area contributed by atoms with E-state index in [0.717, 1.165) is 13.2 Å². The van der Waals surface area contributed by atoms with E-state index in [9.17, 15) is 0 Å². The zero-order chi connectivity index (χ0) is 13.1. The van der Waals surface area contributed by atoms with Gasteiger partial charge in [0, 0.05) is 19.2 Å². The minimum atomic E-state index is 0.466. The van der Waals surface area contributed by atoms with Crippen LogP contribution in [0.4, 0.5) is 0 Å². The number of ether oxygens (including phenoxy) is 1. The zero-order valence-corrected chi connectivity index (χ0v) is 12.0. The highest BCUT2D eigenvalue weighted by molar-refractivity contribution is 5.32. The number of benzene rings is 1. The van der Waals surface area contributed by atoms with Gasteiger partial charge in [0.15, 0.2) is 0 Å². The van der Waals surface area contributed by atoms with E-state index in [2.05, 4.69) is 30.4 Å². The van der Waals surface area contributed by atoms with E-state index >= 15 is 0 Å². The molecule has 0 amide bonds. The maximum atomic E-state index is 5.69. The normalized spacial score (nSPS) is 27.0. The Bertz CT molecular complexity index is 423. The molecule has 1 saturated heterocycles. The Morgan fingerprint density at radius 1 is 1.16 bits per heavy atom. The Kier molecular flexibility index (Phi) is 4.19. The lowest BCUT2D eigenvalue weighted by Gasteiger charge is -2.18. The van der Waals surface area contributed by atoms with Crippen molar-refractivity contribution in [3.8, 4) is 0 Å². The number of nitrogens with one attached hydrogen (secondary N) is 1. The summed E-state index contributed by atoms with van der Waals surface area (Å²) in [4.78, 5) is 0. The van der Waals surface area contributed by atoms with E-state index in [1.54, 1.807) is 11.1 Å². The summed E-state index contributed by atoms with van der Waals surface area (Å²) in [7, 11) is 0. The van der Waals surface area contributed by atoms with Gasteiger partial charge in [0.25, 0.3) is 0 Å². The van der Waals surface area contributed by atoms with Crippen LogP contribution in [0.25, 0.3) is 0 Å². The van der Waals surface area contributed by atoms with Gasteiger partial charge in [-0.2, -0.15) is 0 Å². The Labute approximate surface area is 116 Å². The quantitative estimate of drug-likeness (QED) is 0.843. The largest absolute Gasteiger partial charge is 0.377 e. The van der Waals surface area contributed by atoms with Crippen molar-refractivity contribution in [2.45, 2.75) is 57.6 Å². The summed E-state index contributed by atoms with van der Waals surface area (Å²) in [5.41, 5.74) is 4.53. The molecule has 2 heteroatoms. The molecule has 0 spiro atoms. The molecule has 2 nitrogen and oxygen atoms in total. The third kappa shape index (κ3) is 3.37. The van der Waals surface area contributed by atoms with E-state index in [-0.39, 0.29) is 0 Å². The summed E-state index contributed by atoms with van der Waals surface area (Å²) in [6.45, 7) is 4.19. The lowest BCUT2D eigenvalue weighted by molar-refractivity contribution is 0.107. The van der Waals surface area contributed by atoms with Crippen molar-refractivity contribution in [3.05, 3.63) is 34.9 Å². The molecule has 0 bridgehead atoms. The third-order valence-corrected chi connectivity index (χ3v) is 4.54. The van der Waals surface area contributed by atoms with Crippen LogP contribution < -0.4 is 5.32 Å². The summed E-state index contributed by atoms with van der Waals surface area (Å²) < 4.78 is 5.69. The van der Waals surface area contributed by atoms with E-state index in [1.807, 2.05) is 0 Å². The first-order valence-electron chi connectivity index (χ1n) is 7.74. The van der Waals surface area contributed by atoms with Gasteiger partial charge in [-0.3, -0.25) is 0 Å². The molecule has 0 radical (unpaired) electrons. The molecule has 2 unspecified atom stereocenters. The van der Waals surface area contributed by atoms with Crippen LogP contribution in [0.1, 0.15) is 42.4 Å². The highest BCUT2D eigenvalue weighted by Crippen LogP contribution is 2.22. The molecular formula is C17H25NO. The first-order valence-corrected chi connectivity index (χ1v) is 7.74. The van der Waals surface area contributed by atoms with Crippen LogP contribution in [0.3, 0.4) is 0 Å². The summed E-state index contributed by atoms with van der Waals surface area (Å²) >= 11 is 0. The monoisotopic (exact) mass is 259 g/mol. The average molecular weight is 259 g/mol. The molecule has 19 heavy (non-hydrogen) atoms. The van der Waals surface area contributed by atoms with Crippen LogP contribution in [0, 0.1) is 6.92 Å². The van der Waals surface area contributed by atoms with E-state index in [0.29, 0.717) is 12.1 Å². The molecule has 1 aliphatic carbocycles. The maximum Gasteiger partial charge on any atom is 0.0700 e. The smallest absolute Gasteiger partial charge is 0.0700 e. The minimum absolute atomic E-state index is 0.466. The molecule has 1 aromatic carbocycles. The average Bonchev–Trinajstić information content (AvgIpc) is 2.85. The van der Waals surface area contributed by atoms with Crippen LogP contribution in [0.2, 0.25) is 0 Å². The van der Waals surface area contributed by atoms with E-state index in [4.69, 9.17) is 4.74 Å². The van der Waals surface area contributed by atoms with Crippen LogP contribution in [0.15, 0.2) is 18.2 Å².